The Hall–Kier alpha value is -0.810. The Morgan fingerprint density at radius 3 is 2.36 bits per heavy atom. The van der Waals surface area contributed by atoms with Gasteiger partial charge in [0.1, 0.15) is 18.3 Å². The summed E-state index contributed by atoms with van der Waals surface area (Å²) in [6.07, 6.45) is -0.865. The number of ether oxygens (including phenoxy) is 2. The summed E-state index contributed by atoms with van der Waals surface area (Å²) in [5.74, 6) is -3.60. The third kappa shape index (κ3) is 6.45. The summed E-state index contributed by atoms with van der Waals surface area (Å²) in [4.78, 5) is 11.6. The Morgan fingerprint density at radius 2 is 1.80 bits per heavy atom. The van der Waals surface area contributed by atoms with Crippen molar-refractivity contribution in [3.8, 4) is 0 Å². The molecule has 1 heterocycles. The second kappa shape index (κ2) is 11.0. The second-order valence-corrected chi connectivity index (χ2v) is 6.41. The van der Waals surface area contributed by atoms with Crippen LogP contribution < -0.4 is 5.73 Å². The van der Waals surface area contributed by atoms with Gasteiger partial charge in [-0.25, -0.2) is 4.79 Å². The summed E-state index contributed by atoms with van der Waals surface area (Å²) in [6, 6.07) is 0. The largest absolute Gasteiger partial charge is 0.477 e. The van der Waals surface area contributed by atoms with Crippen LogP contribution in [0, 0.1) is 0 Å². The van der Waals surface area contributed by atoms with Crippen molar-refractivity contribution >= 4 is 5.97 Å². The third-order valence-electron chi connectivity index (χ3n) is 4.36. The van der Waals surface area contributed by atoms with Crippen LogP contribution in [0.15, 0.2) is 0 Å². The lowest BCUT2D eigenvalue weighted by molar-refractivity contribution is -0.323. The van der Waals surface area contributed by atoms with Gasteiger partial charge in [-0.3, -0.25) is 0 Å². The number of aliphatic hydroxyl groups excluding tert-OH is 4. The molecule has 0 aliphatic carbocycles. The number of carboxylic acid groups (broad SMARTS) is 1. The maximum absolute atomic E-state index is 11.6. The number of hydrogen-bond acceptors (Lipinski definition) is 8. The molecule has 0 spiro atoms. The van der Waals surface area contributed by atoms with Gasteiger partial charge in [0.2, 0.25) is 0 Å². The van der Waals surface area contributed by atoms with E-state index in [9.17, 15) is 25.2 Å². The Labute approximate surface area is 147 Å². The first-order valence-corrected chi connectivity index (χ1v) is 8.78. The average Bonchev–Trinajstić information content (AvgIpc) is 2.59. The van der Waals surface area contributed by atoms with E-state index in [1.54, 1.807) is 0 Å². The van der Waals surface area contributed by atoms with Gasteiger partial charge in [0.05, 0.1) is 19.3 Å². The molecule has 9 nitrogen and oxygen atoms in total. The van der Waals surface area contributed by atoms with Crippen LogP contribution in [0.4, 0.5) is 0 Å². The van der Waals surface area contributed by atoms with Crippen LogP contribution in [0.5, 0.6) is 0 Å². The van der Waals surface area contributed by atoms with Gasteiger partial charge in [0, 0.05) is 6.42 Å². The smallest absolute Gasteiger partial charge is 0.364 e. The highest BCUT2D eigenvalue weighted by atomic mass is 16.7. The molecule has 0 bridgehead atoms. The first-order valence-electron chi connectivity index (χ1n) is 8.78. The molecule has 0 radical (unpaired) electrons. The van der Waals surface area contributed by atoms with Crippen molar-refractivity contribution < 1.29 is 39.8 Å². The van der Waals surface area contributed by atoms with Gasteiger partial charge in [-0.05, 0) is 19.4 Å². The predicted octanol–water partition coefficient (Wildman–Crippen LogP) is -1.05. The molecule has 1 fully saturated rings. The number of nitrogens with two attached hydrogens (primary N) is 1. The van der Waals surface area contributed by atoms with Crippen molar-refractivity contribution in [1.82, 2.24) is 0 Å². The maximum Gasteiger partial charge on any atom is 0.364 e. The lowest BCUT2D eigenvalue weighted by Gasteiger charge is -2.43. The SMILES string of the molecule is NCCCCCCCCO[C@@]1(C(=O)O)C[C@@H](O)[C@@H](O)[C@@H]([C@H](O)CO)O1. The van der Waals surface area contributed by atoms with Crippen molar-refractivity contribution in [3.05, 3.63) is 0 Å². The molecular weight excluding hydrogens is 334 g/mol. The summed E-state index contributed by atoms with van der Waals surface area (Å²) in [5.41, 5.74) is 5.42. The summed E-state index contributed by atoms with van der Waals surface area (Å²) in [5, 5.41) is 48.0. The minimum absolute atomic E-state index is 0.105. The summed E-state index contributed by atoms with van der Waals surface area (Å²) < 4.78 is 10.7. The molecule has 0 amide bonds. The van der Waals surface area contributed by atoms with Crippen LogP contribution >= 0.6 is 0 Å². The molecule has 5 atom stereocenters. The molecule has 0 aromatic heterocycles. The van der Waals surface area contributed by atoms with Gasteiger partial charge in [0.25, 0.3) is 5.79 Å². The first-order chi connectivity index (χ1) is 11.9. The number of aliphatic hydroxyl groups is 4. The second-order valence-electron chi connectivity index (χ2n) is 6.41. The average molecular weight is 365 g/mol. The molecule has 9 heteroatoms. The van der Waals surface area contributed by atoms with Crippen LogP contribution in [0.1, 0.15) is 44.9 Å². The van der Waals surface area contributed by atoms with E-state index in [1.165, 1.54) is 0 Å². The number of rotatable bonds is 12. The lowest BCUT2D eigenvalue weighted by Crippen LogP contribution is -2.62. The van der Waals surface area contributed by atoms with Crippen molar-refractivity contribution in [2.24, 2.45) is 5.73 Å². The quantitative estimate of drug-likeness (QED) is 0.237. The number of unbranched alkanes of at least 4 members (excludes halogenated alkanes) is 5. The Balaban J connectivity index is 2.54. The topological polar surface area (TPSA) is 163 Å². The van der Waals surface area contributed by atoms with Crippen LogP contribution in [-0.4, -0.2) is 81.5 Å². The molecule has 0 saturated carbocycles. The van der Waals surface area contributed by atoms with Crippen LogP contribution in [0.2, 0.25) is 0 Å². The Kier molecular flexibility index (Phi) is 9.80. The van der Waals surface area contributed by atoms with Crippen molar-refractivity contribution in [2.45, 2.75) is 75.1 Å². The van der Waals surface area contributed by atoms with E-state index in [0.29, 0.717) is 13.0 Å². The molecule has 1 aliphatic rings. The zero-order chi connectivity index (χ0) is 18.9. The van der Waals surface area contributed by atoms with E-state index in [2.05, 4.69) is 0 Å². The highest BCUT2D eigenvalue weighted by Crippen LogP contribution is 2.33. The lowest BCUT2D eigenvalue weighted by atomic mass is 9.92. The van der Waals surface area contributed by atoms with Crippen molar-refractivity contribution in [3.63, 3.8) is 0 Å². The van der Waals surface area contributed by atoms with E-state index in [0.717, 1.165) is 32.1 Å². The number of hydrogen-bond donors (Lipinski definition) is 6. The fraction of sp³-hybridized carbons (Fsp3) is 0.938. The van der Waals surface area contributed by atoms with Gasteiger partial charge in [-0.2, -0.15) is 0 Å². The Morgan fingerprint density at radius 1 is 1.20 bits per heavy atom. The molecule has 0 unspecified atom stereocenters. The number of aliphatic carboxylic acids is 1. The van der Waals surface area contributed by atoms with Crippen molar-refractivity contribution in [2.75, 3.05) is 19.8 Å². The van der Waals surface area contributed by atoms with E-state index >= 15 is 0 Å². The van der Waals surface area contributed by atoms with Crippen LogP contribution in [0.3, 0.4) is 0 Å². The van der Waals surface area contributed by atoms with E-state index in [4.69, 9.17) is 20.3 Å². The zero-order valence-electron chi connectivity index (χ0n) is 14.4. The minimum Gasteiger partial charge on any atom is -0.477 e. The molecule has 7 N–H and O–H groups in total. The number of carboxylic acids is 1. The first kappa shape index (κ1) is 22.2. The molecule has 1 rings (SSSR count). The van der Waals surface area contributed by atoms with Gasteiger partial charge in [0.15, 0.2) is 0 Å². The van der Waals surface area contributed by atoms with E-state index in [1.807, 2.05) is 0 Å². The predicted molar refractivity (Wildman–Crippen MR) is 87.7 cm³/mol. The summed E-state index contributed by atoms with van der Waals surface area (Å²) >= 11 is 0. The maximum atomic E-state index is 11.6. The monoisotopic (exact) mass is 365 g/mol. The van der Waals surface area contributed by atoms with E-state index < -0.39 is 49.2 Å². The molecule has 1 saturated heterocycles. The molecule has 1 aliphatic heterocycles. The normalized spacial score (nSPS) is 31.0. The molecule has 25 heavy (non-hydrogen) atoms. The third-order valence-corrected chi connectivity index (χ3v) is 4.36. The standard InChI is InChI=1S/C16H31NO8/c17-7-5-3-1-2-4-6-8-24-16(15(22)23)9-11(19)13(21)14(25-16)12(20)10-18/h11-14,18-21H,1-10,17H2,(H,22,23)/t11-,12-,13-,14-,16+/m1/s1. The highest BCUT2D eigenvalue weighted by Gasteiger charge is 2.54. The van der Waals surface area contributed by atoms with Gasteiger partial charge in [-0.1, -0.05) is 25.7 Å². The Bertz CT molecular complexity index is 396. The summed E-state index contributed by atoms with van der Waals surface area (Å²) in [6.45, 7) is 0.0392. The van der Waals surface area contributed by atoms with E-state index in [-0.39, 0.29) is 6.61 Å². The van der Waals surface area contributed by atoms with Gasteiger partial charge < -0.3 is 40.7 Å². The molecule has 148 valence electrons. The van der Waals surface area contributed by atoms with Crippen molar-refractivity contribution in [1.29, 1.82) is 0 Å². The van der Waals surface area contributed by atoms with Gasteiger partial charge >= 0.3 is 5.97 Å². The molecule has 0 aromatic carbocycles. The van der Waals surface area contributed by atoms with Gasteiger partial charge in [-0.15, -0.1) is 0 Å². The summed E-state index contributed by atoms with van der Waals surface area (Å²) in [7, 11) is 0. The molecule has 0 aromatic rings. The fourth-order valence-corrected chi connectivity index (χ4v) is 2.85. The minimum atomic E-state index is -2.15. The van der Waals surface area contributed by atoms with Crippen LogP contribution in [0.25, 0.3) is 0 Å². The number of carbonyl (C=O) groups is 1. The molecular formula is C16H31NO8. The van der Waals surface area contributed by atoms with Crippen LogP contribution in [-0.2, 0) is 14.3 Å². The zero-order valence-corrected chi connectivity index (χ0v) is 14.4. The fourth-order valence-electron chi connectivity index (χ4n) is 2.85. The highest BCUT2D eigenvalue weighted by molar-refractivity contribution is 5.76.